The molecule has 1 radical (unpaired) electrons. The average molecular weight is 238 g/mol. The van der Waals surface area contributed by atoms with E-state index in [2.05, 4.69) is 11.2 Å². The summed E-state index contributed by atoms with van der Waals surface area (Å²) in [6.45, 7) is 0. The van der Waals surface area contributed by atoms with E-state index in [-0.39, 0.29) is 10.8 Å². The Balaban J connectivity index is 2.31. The maximum atomic E-state index is 13.4. The lowest BCUT2D eigenvalue weighted by atomic mass is 10.3. The van der Waals surface area contributed by atoms with E-state index in [1.165, 1.54) is 30.5 Å². The number of halogens is 2. The highest BCUT2D eigenvalue weighted by Gasteiger charge is 2.07. The molecule has 1 aromatic heterocycles. The zero-order valence-corrected chi connectivity index (χ0v) is 8.83. The number of nitrogen functional groups attached to an aromatic ring is 1. The highest BCUT2D eigenvalue weighted by Crippen LogP contribution is 2.30. The van der Waals surface area contributed by atoms with Crippen molar-refractivity contribution in [2.45, 2.75) is 0 Å². The van der Waals surface area contributed by atoms with Crippen LogP contribution in [0.1, 0.15) is 0 Å². The molecule has 0 saturated carbocycles. The maximum absolute atomic E-state index is 13.4. The highest BCUT2D eigenvalue weighted by molar-refractivity contribution is 6.31. The molecule has 1 aromatic carbocycles. The van der Waals surface area contributed by atoms with E-state index in [0.29, 0.717) is 11.4 Å². The summed E-state index contributed by atoms with van der Waals surface area (Å²) in [6, 6.07) is 5.67. The zero-order valence-electron chi connectivity index (χ0n) is 8.08. The molecule has 0 aliphatic carbocycles. The molecule has 0 unspecified atom stereocenters. The SMILES string of the molecule is Nc1ccc(Oc2ccn[c]c2Cl)c(F)c1. The Hall–Kier alpha value is -1.81. The summed E-state index contributed by atoms with van der Waals surface area (Å²) in [5.74, 6) is -0.205. The molecule has 0 spiro atoms. The second-order valence-corrected chi connectivity index (χ2v) is 3.40. The zero-order chi connectivity index (χ0) is 11.5. The fourth-order valence-corrected chi connectivity index (χ4v) is 1.27. The molecule has 2 aromatic rings. The number of pyridine rings is 1. The molecule has 0 saturated heterocycles. The molecular weight excluding hydrogens is 231 g/mol. The monoisotopic (exact) mass is 237 g/mol. The number of anilines is 1. The molecule has 0 bridgehead atoms. The van der Waals surface area contributed by atoms with E-state index in [0.717, 1.165) is 0 Å². The van der Waals surface area contributed by atoms with E-state index in [4.69, 9.17) is 22.1 Å². The third-order valence-electron chi connectivity index (χ3n) is 1.86. The van der Waals surface area contributed by atoms with Crippen LogP contribution in [0, 0.1) is 12.0 Å². The van der Waals surface area contributed by atoms with Crippen LogP contribution in [0.15, 0.2) is 30.5 Å². The van der Waals surface area contributed by atoms with Crippen molar-refractivity contribution in [3.8, 4) is 11.5 Å². The van der Waals surface area contributed by atoms with Crippen molar-refractivity contribution in [1.29, 1.82) is 0 Å². The molecule has 3 nitrogen and oxygen atoms in total. The summed E-state index contributed by atoms with van der Waals surface area (Å²) in [4.78, 5) is 3.67. The number of benzene rings is 1. The summed E-state index contributed by atoms with van der Waals surface area (Å²) in [7, 11) is 0. The van der Waals surface area contributed by atoms with Gasteiger partial charge in [0.2, 0.25) is 0 Å². The number of hydrogen-bond donors (Lipinski definition) is 1. The van der Waals surface area contributed by atoms with Crippen LogP contribution in [-0.4, -0.2) is 4.98 Å². The number of hydrogen-bond acceptors (Lipinski definition) is 3. The topological polar surface area (TPSA) is 48.1 Å². The molecular formula is C11H7ClFN2O. The van der Waals surface area contributed by atoms with Crippen LogP contribution in [0.4, 0.5) is 10.1 Å². The van der Waals surface area contributed by atoms with Gasteiger partial charge in [0.05, 0.1) is 0 Å². The number of rotatable bonds is 2. The number of nitrogens with two attached hydrogens (primary N) is 1. The lowest BCUT2D eigenvalue weighted by Crippen LogP contribution is -1.92. The van der Waals surface area contributed by atoms with Gasteiger partial charge in [-0.1, -0.05) is 11.6 Å². The third-order valence-corrected chi connectivity index (χ3v) is 2.13. The van der Waals surface area contributed by atoms with Gasteiger partial charge in [0.25, 0.3) is 0 Å². The minimum atomic E-state index is -0.548. The first-order chi connectivity index (χ1) is 7.66. The van der Waals surface area contributed by atoms with Gasteiger partial charge in [0.15, 0.2) is 11.6 Å². The predicted molar refractivity (Wildman–Crippen MR) is 59.0 cm³/mol. The fourth-order valence-electron chi connectivity index (χ4n) is 1.12. The molecule has 0 aliphatic heterocycles. The van der Waals surface area contributed by atoms with Crippen LogP contribution >= 0.6 is 11.6 Å². The van der Waals surface area contributed by atoms with Crippen molar-refractivity contribution in [3.05, 3.63) is 47.5 Å². The van der Waals surface area contributed by atoms with Gasteiger partial charge in [0, 0.05) is 24.0 Å². The van der Waals surface area contributed by atoms with Crippen LogP contribution in [-0.2, 0) is 0 Å². The third kappa shape index (κ3) is 2.23. The Labute approximate surface area is 96.6 Å². The molecule has 2 rings (SSSR count). The van der Waals surface area contributed by atoms with Crippen molar-refractivity contribution in [3.63, 3.8) is 0 Å². The molecule has 2 N–H and O–H groups in total. The number of ether oxygens (including phenoxy) is 1. The van der Waals surface area contributed by atoms with Gasteiger partial charge >= 0.3 is 0 Å². The Bertz CT molecular complexity index is 519. The molecule has 16 heavy (non-hydrogen) atoms. The summed E-state index contributed by atoms with van der Waals surface area (Å²) >= 11 is 5.77. The smallest absolute Gasteiger partial charge is 0.167 e. The van der Waals surface area contributed by atoms with Crippen LogP contribution in [0.2, 0.25) is 5.02 Å². The van der Waals surface area contributed by atoms with Crippen LogP contribution < -0.4 is 10.5 Å². The summed E-state index contributed by atoms with van der Waals surface area (Å²) in [5.41, 5.74) is 5.74. The molecule has 0 aliphatic rings. The van der Waals surface area contributed by atoms with E-state index in [1.54, 1.807) is 0 Å². The number of aromatic nitrogens is 1. The second-order valence-electron chi connectivity index (χ2n) is 3.03. The fraction of sp³-hybridized carbons (Fsp3) is 0. The van der Waals surface area contributed by atoms with Gasteiger partial charge in [-0.05, 0) is 12.1 Å². The summed E-state index contributed by atoms with van der Waals surface area (Å²) in [6.07, 6.45) is 3.95. The van der Waals surface area contributed by atoms with E-state index in [1.807, 2.05) is 0 Å². The summed E-state index contributed by atoms with van der Waals surface area (Å²) in [5, 5.41) is 0.193. The van der Waals surface area contributed by atoms with Crippen molar-refractivity contribution >= 4 is 17.3 Å². The van der Waals surface area contributed by atoms with Crippen molar-refractivity contribution in [2.75, 3.05) is 5.73 Å². The minimum Gasteiger partial charge on any atom is -0.453 e. The van der Waals surface area contributed by atoms with Crippen LogP contribution in [0.25, 0.3) is 0 Å². The van der Waals surface area contributed by atoms with Gasteiger partial charge < -0.3 is 10.5 Å². The molecule has 5 heteroatoms. The molecule has 81 valence electrons. The van der Waals surface area contributed by atoms with E-state index < -0.39 is 5.82 Å². The van der Waals surface area contributed by atoms with Crippen LogP contribution in [0.5, 0.6) is 11.5 Å². The first kappa shape index (κ1) is 10.7. The van der Waals surface area contributed by atoms with Crippen molar-refractivity contribution < 1.29 is 9.13 Å². The van der Waals surface area contributed by atoms with Gasteiger partial charge in [-0.15, -0.1) is 0 Å². The van der Waals surface area contributed by atoms with Crippen molar-refractivity contribution in [2.24, 2.45) is 0 Å². The Morgan fingerprint density at radius 1 is 1.31 bits per heavy atom. The van der Waals surface area contributed by atoms with Gasteiger partial charge in [-0.3, -0.25) is 4.98 Å². The Morgan fingerprint density at radius 2 is 2.12 bits per heavy atom. The normalized spacial score (nSPS) is 10.1. The lowest BCUT2D eigenvalue weighted by Gasteiger charge is -2.07. The quantitative estimate of drug-likeness (QED) is 0.817. The standard InChI is InChI=1S/C11H7ClFN2O/c12-8-6-15-4-3-10(8)16-11-2-1-7(14)5-9(11)13/h1-5H,14H2. The number of nitrogens with zero attached hydrogens (tertiary/aromatic N) is 1. The van der Waals surface area contributed by atoms with E-state index in [9.17, 15) is 4.39 Å². The van der Waals surface area contributed by atoms with Crippen LogP contribution in [0.3, 0.4) is 0 Å². The minimum absolute atomic E-state index is 0.0516. The summed E-state index contributed by atoms with van der Waals surface area (Å²) < 4.78 is 18.7. The van der Waals surface area contributed by atoms with Gasteiger partial charge in [-0.25, -0.2) is 4.39 Å². The second kappa shape index (κ2) is 4.37. The molecule has 0 atom stereocenters. The lowest BCUT2D eigenvalue weighted by molar-refractivity contribution is 0.442. The molecule has 0 amide bonds. The largest absolute Gasteiger partial charge is 0.453 e. The molecule has 1 heterocycles. The average Bonchev–Trinajstić information content (AvgIpc) is 2.25. The molecule has 0 fully saturated rings. The predicted octanol–water partition coefficient (Wildman–Crippen LogP) is 3.05. The van der Waals surface area contributed by atoms with Gasteiger partial charge in [0.1, 0.15) is 17.0 Å². The Morgan fingerprint density at radius 3 is 2.81 bits per heavy atom. The maximum Gasteiger partial charge on any atom is 0.167 e. The highest BCUT2D eigenvalue weighted by atomic mass is 35.5. The Kier molecular flexibility index (Phi) is 2.92. The van der Waals surface area contributed by atoms with Gasteiger partial charge in [-0.2, -0.15) is 0 Å². The first-order valence-electron chi connectivity index (χ1n) is 4.42. The van der Waals surface area contributed by atoms with Crippen molar-refractivity contribution in [1.82, 2.24) is 4.98 Å². The first-order valence-corrected chi connectivity index (χ1v) is 4.79. The van der Waals surface area contributed by atoms with E-state index >= 15 is 0 Å².